The molecule has 1 amide bonds. The number of amides is 1. The first kappa shape index (κ1) is 33.6. The van der Waals surface area contributed by atoms with Gasteiger partial charge in [-0.05, 0) is 80.6 Å². The van der Waals surface area contributed by atoms with Crippen molar-refractivity contribution in [3.63, 3.8) is 0 Å². The maximum atomic E-state index is 13.1. The van der Waals surface area contributed by atoms with E-state index in [1.165, 1.54) is 11.9 Å². The van der Waals surface area contributed by atoms with Gasteiger partial charge in [0.15, 0.2) is 0 Å². The normalized spacial score (nSPS) is 14.3. The van der Waals surface area contributed by atoms with E-state index < -0.39 is 23.7 Å². The van der Waals surface area contributed by atoms with E-state index in [1.807, 2.05) is 43.3 Å². The van der Waals surface area contributed by atoms with Gasteiger partial charge in [0.2, 0.25) is 0 Å². The van der Waals surface area contributed by atoms with Crippen molar-refractivity contribution in [1.29, 1.82) is 0 Å². The van der Waals surface area contributed by atoms with Gasteiger partial charge in [0.05, 0.1) is 0 Å². The second kappa shape index (κ2) is 15.7. The van der Waals surface area contributed by atoms with E-state index in [0.29, 0.717) is 11.7 Å². The first-order chi connectivity index (χ1) is 22.6. The van der Waals surface area contributed by atoms with Crippen molar-refractivity contribution in [2.24, 2.45) is 0 Å². The molecule has 5 rings (SSSR count). The van der Waals surface area contributed by atoms with Crippen LogP contribution < -0.4 is 20.9 Å². The molecule has 12 heteroatoms. The van der Waals surface area contributed by atoms with Gasteiger partial charge in [-0.2, -0.15) is 11.3 Å². The minimum Gasteiger partial charge on any atom is -0.458 e. The molecule has 4 aromatic rings. The molecular formula is C35H43N7O4S. The zero-order valence-electron chi connectivity index (χ0n) is 27.4. The molecular weight excluding hydrogens is 614 g/mol. The summed E-state index contributed by atoms with van der Waals surface area (Å²) in [5, 5.41) is 13.6. The van der Waals surface area contributed by atoms with Crippen LogP contribution in [0, 0.1) is 6.92 Å². The second-order valence-corrected chi connectivity index (χ2v) is 13.3. The smallest absolute Gasteiger partial charge is 0.408 e. The van der Waals surface area contributed by atoms with Crippen LogP contribution in [0.3, 0.4) is 0 Å². The predicted octanol–water partition coefficient (Wildman–Crippen LogP) is 6.29. The van der Waals surface area contributed by atoms with Crippen LogP contribution in [0.4, 0.5) is 22.2 Å². The van der Waals surface area contributed by atoms with Gasteiger partial charge in [-0.1, -0.05) is 36.4 Å². The molecule has 0 unspecified atom stereocenters. The molecule has 248 valence electrons. The van der Waals surface area contributed by atoms with Crippen molar-refractivity contribution in [2.45, 2.75) is 71.2 Å². The van der Waals surface area contributed by atoms with Crippen LogP contribution in [0.5, 0.6) is 0 Å². The van der Waals surface area contributed by atoms with Crippen LogP contribution in [0.25, 0.3) is 0 Å². The van der Waals surface area contributed by atoms with Crippen molar-refractivity contribution in [1.82, 2.24) is 20.3 Å². The van der Waals surface area contributed by atoms with Gasteiger partial charge in [-0.25, -0.2) is 24.5 Å². The Morgan fingerprint density at radius 2 is 1.79 bits per heavy atom. The number of nitrogens with one attached hydrogen (secondary N) is 3. The Morgan fingerprint density at radius 1 is 1.00 bits per heavy atom. The molecule has 1 aromatic carbocycles. The van der Waals surface area contributed by atoms with Crippen LogP contribution in [0.1, 0.15) is 61.9 Å². The molecule has 3 N–H and O–H groups in total. The molecule has 0 bridgehead atoms. The fourth-order valence-corrected chi connectivity index (χ4v) is 6.03. The monoisotopic (exact) mass is 657 g/mol. The molecule has 47 heavy (non-hydrogen) atoms. The van der Waals surface area contributed by atoms with Crippen molar-refractivity contribution < 1.29 is 19.1 Å². The molecule has 0 spiro atoms. The standard InChI is InChI=1S/C35H43N7O4S/c1-24-31(37-20-29(33(43)46-35(2,3)4)41-34(44)45-21-25-9-6-5-7-10-25)38-23-39-32(24)42-16-13-27(14-17-42)28-11-8-12-30(40-28)36-19-26-15-18-47-22-26/h5-12,15,18,22-23,27,29H,13-14,16-17,19-21H2,1-4H3,(H,36,40)(H,41,44)(H,37,38,39)/t29-/m0/s1. The Hall–Kier alpha value is -4.71. The van der Waals surface area contributed by atoms with E-state index in [9.17, 15) is 9.59 Å². The van der Waals surface area contributed by atoms with Gasteiger partial charge in [0, 0.05) is 43.4 Å². The predicted molar refractivity (Wildman–Crippen MR) is 185 cm³/mol. The number of hydrogen-bond acceptors (Lipinski definition) is 11. The third-order valence-corrected chi connectivity index (χ3v) is 8.50. The maximum Gasteiger partial charge on any atom is 0.408 e. The summed E-state index contributed by atoms with van der Waals surface area (Å²) >= 11 is 1.69. The van der Waals surface area contributed by atoms with Crippen LogP contribution in [-0.4, -0.2) is 58.3 Å². The number of esters is 1. The highest BCUT2D eigenvalue weighted by molar-refractivity contribution is 7.07. The number of pyridine rings is 1. The first-order valence-electron chi connectivity index (χ1n) is 15.9. The topological polar surface area (TPSA) is 131 Å². The van der Waals surface area contributed by atoms with Crippen molar-refractivity contribution >= 4 is 40.9 Å². The Balaban J connectivity index is 1.18. The molecule has 1 atom stereocenters. The number of thiophene rings is 1. The maximum absolute atomic E-state index is 13.1. The zero-order chi connectivity index (χ0) is 33.2. The average Bonchev–Trinajstić information content (AvgIpc) is 3.59. The minimum atomic E-state index is -1.01. The Labute approximate surface area is 280 Å². The fourth-order valence-electron chi connectivity index (χ4n) is 5.36. The van der Waals surface area contributed by atoms with Crippen LogP contribution >= 0.6 is 11.3 Å². The lowest BCUT2D eigenvalue weighted by atomic mass is 9.93. The summed E-state index contributed by atoms with van der Waals surface area (Å²) in [6, 6.07) is 16.7. The number of hydrogen-bond donors (Lipinski definition) is 3. The SMILES string of the molecule is Cc1c(NC[C@H](NC(=O)OCc2ccccc2)C(=O)OC(C)(C)C)ncnc1N1CCC(c2cccc(NCc3ccsc3)n2)CC1. The van der Waals surface area contributed by atoms with Crippen molar-refractivity contribution in [3.8, 4) is 0 Å². The number of ether oxygens (including phenoxy) is 2. The molecule has 0 aliphatic carbocycles. The van der Waals surface area contributed by atoms with Crippen molar-refractivity contribution in [3.05, 3.63) is 94.1 Å². The molecule has 3 aromatic heterocycles. The summed E-state index contributed by atoms with van der Waals surface area (Å²) < 4.78 is 10.9. The molecule has 1 aliphatic rings. The third-order valence-electron chi connectivity index (χ3n) is 7.76. The molecule has 1 saturated heterocycles. The van der Waals surface area contributed by atoms with E-state index in [2.05, 4.69) is 59.8 Å². The molecule has 1 fully saturated rings. The van der Waals surface area contributed by atoms with Gasteiger partial charge in [0.25, 0.3) is 0 Å². The minimum absolute atomic E-state index is 0.0528. The van der Waals surface area contributed by atoms with E-state index in [-0.39, 0.29) is 13.2 Å². The lowest BCUT2D eigenvalue weighted by Gasteiger charge is -2.33. The van der Waals surface area contributed by atoms with E-state index in [0.717, 1.165) is 60.9 Å². The number of carbonyl (C=O) groups excluding carboxylic acids is 2. The highest BCUT2D eigenvalue weighted by Gasteiger charge is 2.29. The summed E-state index contributed by atoms with van der Waals surface area (Å²) in [6.45, 7) is 9.84. The Bertz CT molecular complexity index is 1600. The van der Waals surface area contributed by atoms with Crippen molar-refractivity contribution in [2.75, 3.05) is 35.2 Å². The number of alkyl carbamates (subject to hydrolysis) is 1. The lowest BCUT2D eigenvalue weighted by molar-refractivity contribution is -0.156. The number of anilines is 3. The van der Waals surface area contributed by atoms with Crippen LogP contribution in [-0.2, 0) is 27.4 Å². The Morgan fingerprint density at radius 3 is 2.51 bits per heavy atom. The number of carbonyl (C=O) groups is 2. The molecule has 4 heterocycles. The van der Waals surface area contributed by atoms with Gasteiger partial charge in [0.1, 0.15) is 42.0 Å². The summed E-state index contributed by atoms with van der Waals surface area (Å²) in [5.74, 6) is 2.09. The molecule has 0 radical (unpaired) electrons. The number of rotatable bonds is 12. The summed E-state index contributed by atoms with van der Waals surface area (Å²) in [6.07, 6.45) is 2.70. The van der Waals surface area contributed by atoms with Gasteiger partial charge >= 0.3 is 12.1 Å². The number of aromatic nitrogens is 3. The zero-order valence-corrected chi connectivity index (χ0v) is 28.2. The fraction of sp³-hybridized carbons (Fsp3) is 0.400. The van der Waals surface area contributed by atoms with E-state index in [4.69, 9.17) is 14.5 Å². The lowest BCUT2D eigenvalue weighted by Crippen LogP contribution is -2.48. The molecule has 1 aliphatic heterocycles. The Kier molecular flexibility index (Phi) is 11.3. The van der Waals surface area contributed by atoms with Gasteiger partial charge in [-0.3, -0.25) is 0 Å². The molecule has 11 nitrogen and oxygen atoms in total. The number of benzene rings is 1. The van der Waals surface area contributed by atoms with Gasteiger partial charge in [-0.15, -0.1) is 0 Å². The highest BCUT2D eigenvalue weighted by atomic mass is 32.1. The third kappa shape index (κ3) is 9.89. The van der Waals surface area contributed by atoms with E-state index in [1.54, 1.807) is 32.1 Å². The first-order valence-corrected chi connectivity index (χ1v) is 16.8. The molecule has 0 saturated carbocycles. The largest absolute Gasteiger partial charge is 0.458 e. The second-order valence-electron chi connectivity index (χ2n) is 12.5. The summed E-state index contributed by atoms with van der Waals surface area (Å²) in [5.41, 5.74) is 3.33. The summed E-state index contributed by atoms with van der Waals surface area (Å²) in [4.78, 5) is 41.9. The quantitative estimate of drug-likeness (QED) is 0.150. The van der Waals surface area contributed by atoms with Crippen LogP contribution in [0.15, 0.2) is 71.7 Å². The van der Waals surface area contributed by atoms with Crippen LogP contribution in [0.2, 0.25) is 0 Å². The average molecular weight is 658 g/mol. The van der Waals surface area contributed by atoms with Gasteiger partial charge < -0.3 is 30.3 Å². The highest BCUT2D eigenvalue weighted by Crippen LogP contribution is 2.32. The van der Waals surface area contributed by atoms with E-state index >= 15 is 0 Å². The summed E-state index contributed by atoms with van der Waals surface area (Å²) in [7, 11) is 0. The number of piperidine rings is 1. The number of nitrogens with zero attached hydrogens (tertiary/aromatic N) is 4.